The van der Waals surface area contributed by atoms with Crippen molar-refractivity contribution in [1.82, 2.24) is 10.6 Å². The molecule has 7 heteroatoms. The molecule has 92 valence electrons. The molecule has 0 bridgehead atoms. The summed E-state index contributed by atoms with van der Waals surface area (Å²) in [4.78, 5) is 22.4. The molecule has 2 atom stereocenters. The number of nitrogens with one attached hydrogen (secondary N) is 2. The van der Waals surface area contributed by atoms with E-state index in [0.717, 1.165) is 0 Å². The molecular formula is C9H14F2N2O3. The molecule has 0 aromatic heterocycles. The second kappa shape index (κ2) is 4.73. The third kappa shape index (κ3) is 3.13. The highest BCUT2D eigenvalue weighted by molar-refractivity contribution is 5.87. The van der Waals surface area contributed by atoms with E-state index >= 15 is 0 Å². The average Bonchev–Trinajstić information content (AvgIpc) is 2.57. The van der Waals surface area contributed by atoms with Crippen LogP contribution in [-0.2, 0) is 14.3 Å². The Kier molecular flexibility index (Phi) is 3.79. The lowest BCUT2D eigenvalue weighted by Crippen LogP contribution is -2.47. The van der Waals surface area contributed by atoms with E-state index in [1.807, 2.05) is 0 Å². The number of amides is 1. The molecule has 5 nitrogen and oxygen atoms in total. The van der Waals surface area contributed by atoms with Gasteiger partial charge in [0.25, 0.3) is 5.92 Å². The van der Waals surface area contributed by atoms with Crippen molar-refractivity contribution in [3.05, 3.63) is 0 Å². The highest BCUT2D eigenvalue weighted by Gasteiger charge is 2.42. The Morgan fingerprint density at radius 3 is 2.62 bits per heavy atom. The van der Waals surface area contributed by atoms with E-state index in [-0.39, 0.29) is 0 Å². The molecule has 0 radical (unpaired) electrons. The lowest BCUT2D eigenvalue weighted by molar-refractivity contribution is -0.144. The van der Waals surface area contributed by atoms with Gasteiger partial charge in [-0.05, 0) is 6.92 Å². The van der Waals surface area contributed by atoms with Crippen molar-refractivity contribution < 1.29 is 23.1 Å². The summed E-state index contributed by atoms with van der Waals surface area (Å²) in [7, 11) is 1.19. The molecule has 0 aromatic carbocycles. The van der Waals surface area contributed by atoms with Crippen LogP contribution in [0.3, 0.4) is 0 Å². The predicted molar refractivity (Wildman–Crippen MR) is 51.0 cm³/mol. The fourth-order valence-electron chi connectivity index (χ4n) is 1.45. The van der Waals surface area contributed by atoms with Crippen molar-refractivity contribution in [3.63, 3.8) is 0 Å². The molecule has 16 heavy (non-hydrogen) atoms. The number of carbonyl (C=O) groups excluding carboxylic acids is 2. The summed E-state index contributed by atoms with van der Waals surface area (Å²) >= 11 is 0. The Bertz CT molecular complexity index is 296. The Labute approximate surface area is 91.5 Å². The zero-order valence-electron chi connectivity index (χ0n) is 9.05. The minimum absolute atomic E-state index is 0.516. The molecule has 1 rings (SSSR count). The average molecular weight is 236 g/mol. The SMILES string of the molecule is COC(=O)[C@@H](C)NC(=O)C1CC(F)(F)CN1. The Balaban J connectivity index is 2.45. The Morgan fingerprint density at radius 1 is 1.56 bits per heavy atom. The van der Waals surface area contributed by atoms with Crippen LogP contribution in [0, 0.1) is 0 Å². The molecule has 0 aliphatic carbocycles. The van der Waals surface area contributed by atoms with Crippen molar-refractivity contribution in [1.29, 1.82) is 0 Å². The summed E-state index contributed by atoms with van der Waals surface area (Å²) in [6, 6.07) is -1.80. The number of esters is 1. The molecule has 1 unspecified atom stereocenters. The molecule has 1 aliphatic heterocycles. The molecule has 1 amide bonds. The third-order valence-corrected chi connectivity index (χ3v) is 2.34. The monoisotopic (exact) mass is 236 g/mol. The minimum Gasteiger partial charge on any atom is -0.467 e. The van der Waals surface area contributed by atoms with E-state index in [0.29, 0.717) is 0 Å². The van der Waals surface area contributed by atoms with E-state index < -0.39 is 42.8 Å². The van der Waals surface area contributed by atoms with Crippen molar-refractivity contribution in [3.8, 4) is 0 Å². The Hall–Kier alpha value is -1.24. The van der Waals surface area contributed by atoms with Crippen LogP contribution in [-0.4, -0.2) is 43.5 Å². The number of methoxy groups -OCH3 is 1. The highest BCUT2D eigenvalue weighted by Crippen LogP contribution is 2.25. The maximum absolute atomic E-state index is 12.8. The molecular weight excluding hydrogens is 222 g/mol. The van der Waals surface area contributed by atoms with Gasteiger partial charge in [0, 0.05) is 6.42 Å². The van der Waals surface area contributed by atoms with Gasteiger partial charge in [-0.1, -0.05) is 0 Å². The van der Waals surface area contributed by atoms with Gasteiger partial charge in [0.15, 0.2) is 0 Å². The smallest absolute Gasteiger partial charge is 0.328 e. The van der Waals surface area contributed by atoms with Crippen LogP contribution >= 0.6 is 0 Å². The number of alkyl halides is 2. The van der Waals surface area contributed by atoms with Gasteiger partial charge in [-0.15, -0.1) is 0 Å². The quantitative estimate of drug-likeness (QED) is 0.658. The first-order valence-corrected chi connectivity index (χ1v) is 4.85. The summed E-state index contributed by atoms with van der Waals surface area (Å²) in [5, 5.41) is 4.70. The first-order valence-electron chi connectivity index (χ1n) is 4.85. The van der Waals surface area contributed by atoms with Crippen LogP contribution in [0.2, 0.25) is 0 Å². The van der Waals surface area contributed by atoms with E-state index in [2.05, 4.69) is 15.4 Å². The molecule has 1 aliphatic rings. The highest BCUT2D eigenvalue weighted by atomic mass is 19.3. The second-order valence-corrected chi connectivity index (χ2v) is 3.75. The number of hydrogen-bond acceptors (Lipinski definition) is 4. The van der Waals surface area contributed by atoms with Gasteiger partial charge in [-0.2, -0.15) is 0 Å². The van der Waals surface area contributed by atoms with Gasteiger partial charge in [0.05, 0.1) is 19.7 Å². The lowest BCUT2D eigenvalue weighted by Gasteiger charge is -2.15. The molecule has 0 saturated carbocycles. The summed E-state index contributed by atoms with van der Waals surface area (Å²) < 4.78 is 30.0. The number of rotatable bonds is 3. The number of ether oxygens (including phenoxy) is 1. The van der Waals surface area contributed by atoms with Crippen LogP contribution < -0.4 is 10.6 Å². The zero-order valence-corrected chi connectivity index (χ0v) is 9.05. The minimum atomic E-state index is -2.86. The molecule has 1 fully saturated rings. The van der Waals surface area contributed by atoms with Crippen molar-refractivity contribution >= 4 is 11.9 Å². The lowest BCUT2D eigenvalue weighted by atomic mass is 10.1. The van der Waals surface area contributed by atoms with Crippen molar-refractivity contribution in [2.45, 2.75) is 31.4 Å². The van der Waals surface area contributed by atoms with Crippen molar-refractivity contribution in [2.75, 3.05) is 13.7 Å². The van der Waals surface area contributed by atoms with Crippen LogP contribution in [0.4, 0.5) is 8.78 Å². The molecule has 1 heterocycles. The summed E-state index contributed by atoms with van der Waals surface area (Å²) in [5.41, 5.74) is 0. The maximum atomic E-state index is 12.8. The molecule has 0 aromatic rings. The standard InChI is InChI=1S/C9H14F2N2O3/c1-5(8(15)16-2)13-7(14)6-3-9(10,11)4-12-6/h5-6,12H,3-4H2,1-2H3,(H,13,14)/t5-,6?/m1/s1. The van der Waals surface area contributed by atoms with E-state index in [9.17, 15) is 18.4 Å². The van der Waals surface area contributed by atoms with Gasteiger partial charge in [0.2, 0.25) is 5.91 Å². The molecule has 0 spiro atoms. The van der Waals surface area contributed by atoms with Crippen LogP contribution in [0.15, 0.2) is 0 Å². The predicted octanol–water partition coefficient (Wildman–Crippen LogP) is -0.339. The third-order valence-electron chi connectivity index (χ3n) is 2.34. The maximum Gasteiger partial charge on any atom is 0.328 e. The molecule has 1 saturated heterocycles. The number of carbonyl (C=O) groups is 2. The van der Waals surface area contributed by atoms with E-state index in [1.165, 1.54) is 14.0 Å². The summed E-state index contributed by atoms with van der Waals surface area (Å²) in [6.07, 6.45) is -0.549. The Morgan fingerprint density at radius 2 is 2.19 bits per heavy atom. The van der Waals surface area contributed by atoms with Gasteiger partial charge < -0.3 is 10.1 Å². The topological polar surface area (TPSA) is 67.4 Å². The van der Waals surface area contributed by atoms with Gasteiger partial charge >= 0.3 is 5.97 Å². The van der Waals surface area contributed by atoms with E-state index in [4.69, 9.17) is 0 Å². The summed E-state index contributed by atoms with van der Waals surface area (Å²) in [5.74, 6) is -4.09. The van der Waals surface area contributed by atoms with Crippen molar-refractivity contribution in [2.24, 2.45) is 0 Å². The van der Waals surface area contributed by atoms with Crippen LogP contribution in [0.1, 0.15) is 13.3 Å². The summed E-state index contributed by atoms with van der Waals surface area (Å²) in [6.45, 7) is 0.911. The van der Waals surface area contributed by atoms with E-state index in [1.54, 1.807) is 0 Å². The second-order valence-electron chi connectivity index (χ2n) is 3.75. The fraction of sp³-hybridized carbons (Fsp3) is 0.778. The van der Waals surface area contributed by atoms with Gasteiger partial charge in [-0.25, -0.2) is 13.6 Å². The fourth-order valence-corrected chi connectivity index (χ4v) is 1.45. The number of halogens is 2. The van der Waals surface area contributed by atoms with Gasteiger partial charge in [0.1, 0.15) is 6.04 Å². The zero-order chi connectivity index (χ0) is 12.3. The first kappa shape index (κ1) is 12.8. The number of hydrogen-bond donors (Lipinski definition) is 2. The van der Waals surface area contributed by atoms with Crippen LogP contribution in [0.5, 0.6) is 0 Å². The van der Waals surface area contributed by atoms with Crippen LogP contribution in [0.25, 0.3) is 0 Å². The van der Waals surface area contributed by atoms with Gasteiger partial charge in [-0.3, -0.25) is 10.1 Å². The first-order chi connectivity index (χ1) is 7.35. The largest absolute Gasteiger partial charge is 0.467 e. The normalized spacial score (nSPS) is 24.9. The molecule has 2 N–H and O–H groups in total.